The van der Waals surface area contributed by atoms with Crippen molar-refractivity contribution in [3.05, 3.63) is 22.3 Å². The summed E-state index contributed by atoms with van der Waals surface area (Å²) in [5.74, 6) is -2.66. The average Bonchev–Trinajstić information content (AvgIpc) is 1.96. The van der Waals surface area contributed by atoms with Gasteiger partial charge in [0.15, 0.2) is 0 Å². The van der Waals surface area contributed by atoms with Crippen LogP contribution in [0.25, 0.3) is 0 Å². The van der Waals surface area contributed by atoms with Gasteiger partial charge in [-0.15, -0.1) is 10.1 Å². The van der Waals surface area contributed by atoms with Gasteiger partial charge in [0.1, 0.15) is 0 Å². The maximum Gasteiger partial charge on any atom is 0.367 e. The Kier molecular flexibility index (Phi) is 3.84. The van der Waals surface area contributed by atoms with Crippen molar-refractivity contribution in [3.63, 3.8) is 0 Å². The van der Waals surface area contributed by atoms with Gasteiger partial charge in [-0.2, -0.15) is 0 Å². The number of hydrogen-bond acceptors (Lipinski definition) is 6. The van der Waals surface area contributed by atoms with E-state index in [0.29, 0.717) is 12.2 Å². The Bertz CT molecular complexity index is 232. The highest BCUT2D eigenvalue weighted by molar-refractivity contribution is 5.90. The zero-order valence-corrected chi connectivity index (χ0v) is 5.50. The van der Waals surface area contributed by atoms with Crippen LogP contribution in [0.3, 0.4) is 0 Å². The van der Waals surface area contributed by atoms with Crippen LogP contribution >= 0.6 is 0 Å². The minimum Gasteiger partial charge on any atom is -0.478 e. The van der Waals surface area contributed by atoms with Gasteiger partial charge >= 0.3 is 17.0 Å². The molecule has 0 saturated heterocycles. The van der Waals surface area contributed by atoms with E-state index in [-0.39, 0.29) is 0 Å². The van der Waals surface area contributed by atoms with Crippen LogP contribution in [-0.4, -0.2) is 22.1 Å². The zero-order chi connectivity index (χ0) is 9.56. The van der Waals surface area contributed by atoms with Crippen molar-refractivity contribution in [2.24, 2.45) is 0 Å². The van der Waals surface area contributed by atoms with Crippen LogP contribution in [0.5, 0.6) is 0 Å². The third kappa shape index (κ3) is 6.01. The van der Waals surface area contributed by atoms with Crippen molar-refractivity contribution in [1.82, 2.24) is 0 Å². The monoisotopic (exact) mass is 177 g/mol. The second-order valence-corrected chi connectivity index (χ2v) is 1.37. The Morgan fingerprint density at radius 1 is 1.42 bits per heavy atom. The minimum atomic E-state index is -1.38. The fourth-order valence-corrected chi connectivity index (χ4v) is 0.234. The van der Waals surface area contributed by atoms with Gasteiger partial charge in [-0.1, -0.05) is 4.99 Å². The number of carbonyl (C=O) groups is 2. The molecule has 0 aliphatic carbocycles. The lowest BCUT2D eigenvalue weighted by Gasteiger charge is -1.91. The molecule has 8 heteroatoms. The molecule has 0 saturated carbocycles. The summed E-state index contributed by atoms with van der Waals surface area (Å²) in [4.78, 5) is 36.1. The molecular weight excluding hydrogens is 174 g/mol. The number of nitrogens with zero attached hydrogens (tertiary/aromatic N) is 1. The molecule has 0 atom stereocenters. The van der Waals surface area contributed by atoms with E-state index in [1.165, 1.54) is 0 Å². The molecule has 0 rings (SSSR count). The highest BCUT2D eigenvalue weighted by Gasteiger charge is 2.02. The first kappa shape index (κ1) is 9.88. The van der Waals surface area contributed by atoms with Crippen molar-refractivity contribution < 1.29 is 29.7 Å². The molecule has 0 spiro atoms. The Balaban J connectivity index is 3.75. The lowest BCUT2D eigenvalue weighted by atomic mass is 10.5. The van der Waals surface area contributed by atoms with E-state index in [0.717, 1.165) is 0 Å². The van der Waals surface area contributed by atoms with Crippen LogP contribution in [0.1, 0.15) is 0 Å². The summed E-state index contributed by atoms with van der Waals surface area (Å²) in [5.41, 5.74) is 0. The quantitative estimate of drug-likeness (QED) is 0.261. The second-order valence-electron chi connectivity index (χ2n) is 1.37. The molecule has 0 aromatic carbocycles. The van der Waals surface area contributed by atoms with Crippen LogP contribution < -0.4 is 0 Å². The fraction of sp³-hybridized carbons (Fsp3) is 0. The minimum absolute atomic E-state index is 0.450. The van der Waals surface area contributed by atoms with Gasteiger partial charge in [0, 0.05) is 12.2 Å². The highest BCUT2D eigenvalue weighted by atomic mass is 17.3. The molecule has 0 fully saturated rings. The second kappa shape index (κ2) is 4.66. The van der Waals surface area contributed by atoms with Crippen molar-refractivity contribution in [2.45, 2.75) is 0 Å². The van der Waals surface area contributed by atoms with Crippen LogP contribution in [0.4, 0.5) is 0 Å². The number of carboxylic acid groups (broad SMARTS) is 1. The normalized spacial score (nSPS) is 9.33. The van der Waals surface area contributed by atoms with E-state index < -0.39 is 17.0 Å². The fourth-order valence-electron chi connectivity index (χ4n) is 0.234. The van der Waals surface area contributed by atoms with Crippen LogP contribution in [-0.2, 0) is 19.5 Å². The first-order valence-corrected chi connectivity index (χ1v) is 2.46. The summed E-state index contributed by atoms with van der Waals surface area (Å²) < 4.78 is 0. The van der Waals surface area contributed by atoms with Crippen LogP contribution in [0.15, 0.2) is 12.2 Å². The van der Waals surface area contributed by atoms with E-state index in [4.69, 9.17) is 5.11 Å². The van der Waals surface area contributed by atoms with Gasteiger partial charge in [-0.3, -0.25) is 4.89 Å². The van der Waals surface area contributed by atoms with Gasteiger partial charge in [-0.05, 0) is 0 Å². The van der Waals surface area contributed by atoms with Gasteiger partial charge in [-0.25, -0.2) is 9.59 Å². The van der Waals surface area contributed by atoms with E-state index in [9.17, 15) is 19.7 Å². The van der Waals surface area contributed by atoms with E-state index >= 15 is 0 Å². The van der Waals surface area contributed by atoms with Gasteiger partial charge < -0.3 is 5.11 Å². The third-order valence-corrected chi connectivity index (χ3v) is 0.542. The van der Waals surface area contributed by atoms with Crippen LogP contribution in [0.2, 0.25) is 0 Å². The summed E-state index contributed by atoms with van der Waals surface area (Å²) in [5, 5.41) is 16.0. The molecular formula is C4H3NO7. The van der Waals surface area contributed by atoms with Crippen LogP contribution in [0, 0.1) is 10.1 Å². The summed E-state index contributed by atoms with van der Waals surface area (Å²) in [6, 6.07) is 0. The third-order valence-electron chi connectivity index (χ3n) is 0.542. The number of aliphatic carboxylic acids is 1. The van der Waals surface area contributed by atoms with Gasteiger partial charge in [0.2, 0.25) is 0 Å². The van der Waals surface area contributed by atoms with E-state index in [1.807, 2.05) is 0 Å². The Morgan fingerprint density at radius 3 is 2.42 bits per heavy atom. The standard InChI is InChI=1S/C4H3NO7/c6-3(7)1-2-4(8)11-12-5(9)10/h1-2H,(H,6,7)/b2-1+. The smallest absolute Gasteiger partial charge is 0.367 e. The molecule has 0 unspecified atom stereocenters. The molecule has 8 nitrogen and oxygen atoms in total. The Hall–Kier alpha value is -2.12. The predicted octanol–water partition coefficient (Wildman–Crippen LogP) is -0.706. The lowest BCUT2D eigenvalue weighted by Crippen LogP contribution is -2.07. The largest absolute Gasteiger partial charge is 0.478 e. The number of hydrogen-bond donors (Lipinski definition) is 1. The molecule has 66 valence electrons. The number of carboxylic acids is 1. The van der Waals surface area contributed by atoms with Gasteiger partial charge in [0.25, 0.3) is 0 Å². The first-order chi connectivity index (χ1) is 5.52. The maximum absolute atomic E-state index is 10.3. The molecule has 0 aliphatic rings. The molecule has 0 aromatic rings. The summed E-state index contributed by atoms with van der Waals surface area (Å²) in [6.07, 6.45) is 0.914. The molecule has 12 heavy (non-hydrogen) atoms. The molecule has 0 aliphatic heterocycles. The van der Waals surface area contributed by atoms with Crippen molar-refractivity contribution in [2.75, 3.05) is 0 Å². The Morgan fingerprint density at radius 2 is 2.00 bits per heavy atom. The Labute approximate surface area is 65.0 Å². The molecule has 0 radical (unpaired) electrons. The van der Waals surface area contributed by atoms with Crippen molar-refractivity contribution in [1.29, 1.82) is 0 Å². The maximum atomic E-state index is 10.3. The van der Waals surface area contributed by atoms with E-state index in [1.54, 1.807) is 0 Å². The summed E-state index contributed by atoms with van der Waals surface area (Å²) in [7, 11) is 0. The van der Waals surface area contributed by atoms with Crippen molar-refractivity contribution in [3.8, 4) is 0 Å². The van der Waals surface area contributed by atoms with Crippen molar-refractivity contribution >= 4 is 11.9 Å². The highest BCUT2D eigenvalue weighted by Crippen LogP contribution is 1.83. The molecule has 0 heterocycles. The predicted molar refractivity (Wildman–Crippen MR) is 30.9 cm³/mol. The van der Waals surface area contributed by atoms with Gasteiger partial charge in [0.05, 0.1) is 0 Å². The average molecular weight is 177 g/mol. The molecule has 1 N–H and O–H groups in total. The number of carbonyl (C=O) groups excluding carboxylic acids is 1. The SMILES string of the molecule is O=C(O)/C=C/C(=O)OO[N+](=O)[O-]. The topological polar surface area (TPSA) is 116 Å². The molecule has 0 amide bonds. The lowest BCUT2D eigenvalue weighted by molar-refractivity contribution is -0.839. The zero-order valence-electron chi connectivity index (χ0n) is 5.50. The molecule has 0 bridgehead atoms. The van der Waals surface area contributed by atoms with E-state index in [2.05, 4.69) is 9.88 Å². The molecule has 0 aromatic heterocycles. The summed E-state index contributed by atoms with van der Waals surface area (Å²) in [6.45, 7) is 0. The number of rotatable bonds is 4. The summed E-state index contributed by atoms with van der Waals surface area (Å²) >= 11 is 0. The first-order valence-electron chi connectivity index (χ1n) is 2.46.